The number of aliphatic imine (C=N–C) groups is 1. The molecule has 1 heterocycles. The number of hydrogen-bond donors (Lipinski definition) is 1. The number of nitrogens with one attached hydrogen (secondary N) is 1. The Morgan fingerprint density at radius 3 is 2.66 bits per heavy atom. The molecule has 1 saturated heterocycles. The molecule has 0 aromatic heterocycles. The molecule has 8 heteroatoms. The summed E-state index contributed by atoms with van der Waals surface area (Å²) in [6, 6.07) is 25.3. The number of ether oxygens (including phenoxy) is 1. The lowest BCUT2D eigenvalue weighted by molar-refractivity contribution is -0.115. The summed E-state index contributed by atoms with van der Waals surface area (Å²) in [7, 11) is 0. The van der Waals surface area contributed by atoms with Crippen molar-refractivity contribution >= 4 is 84.5 Å². The fourth-order valence-electron chi connectivity index (χ4n) is 3.62. The van der Waals surface area contributed by atoms with Crippen molar-refractivity contribution in [3.05, 3.63) is 109 Å². The maximum Gasteiger partial charge on any atom is 0.264 e. The minimum Gasteiger partial charge on any atom is -0.488 e. The van der Waals surface area contributed by atoms with Gasteiger partial charge in [-0.05, 0) is 79.9 Å². The number of thioether (sulfide) groups is 1. The molecule has 4 aromatic rings. The van der Waals surface area contributed by atoms with Gasteiger partial charge in [0.2, 0.25) is 0 Å². The van der Waals surface area contributed by atoms with Crippen molar-refractivity contribution in [1.29, 1.82) is 0 Å². The van der Waals surface area contributed by atoms with Crippen molar-refractivity contribution in [2.45, 2.75) is 6.61 Å². The summed E-state index contributed by atoms with van der Waals surface area (Å²) in [6.07, 6.45) is 1.81. The van der Waals surface area contributed by atoms with Gasteiger partial charge in [-0.25, -0.2) is 4.99 Å². The molecule has 4 aromatic carbocycles. The molecule has 5 rings (SSSR count). The van der Waals surface area contributed by atoms with Crippen LogP contribution in [-0.2, 0) is 11.4 Å². The van der Waals surface area contributed by atoms with E-state index in [2.05, 4.69) is 50.5 Å². The zero-order valence-electron chi connectivity index (χ0n) is 18.1. The van der Waals surface area contributed by atoms with E-state index in [-0.39, 0.29) is 5.91 Å². The third-order valence-corrected chi connectivity index (χ3v) is 7.66. The highest BCUT2D eigenvalue weighted by Gasteiger charge is 2.24. The van der Waals surface area contributed by atoms with Crippen LogP contribution in [0.2, 0.25) is 10.0 Å². The predicted octanol–water partition coefficient (Wildman–Crippen LogP) is 8.38. The molecular formula is C27H17BrCl2N2O2S. The molecule has 0 atom stereocenters. The number of benzene rings is 4. The van der Waals surface area contributed by atoms with E-state index in [1.54, 1.807) is 24.3 Å². The lowest BCUT2D eigenvalue weighted by Crippen LogP contribution is -2.19. The monoisotopic (exact) mass is 582 g/mol. The number of carbonyl (C=O) groups excluding carboxylic acids is 1. The van der Waals surface area contributed by atoms with E-state index in [1.165, 1.54) is 22.5 Å². The van der Waals surface area contributed by atoms with Gasteiger partial charge in [-0.3, -0.25) is 4.79 Å². The quantitative estimate of drug-likeness (QED) is 0.240. The first kappa shape index (κ1) is 23.9. The van der Waals surface area contributed by atoms with Crippen molar-refractivity contribution < 1.29 is 9.53 Å². The maximum atomic E-state index is 12.5. The van der Waals surface area contributed by atoms with Crippen LogP contribution in [0.4, 0.5) is 5.69 Å². The molecule has 35 heavy (non-hydrogen) atoms. The number of nitrogens with zero attached hydrogens (tertiary/aromatic N) is 1. The lowest BCUT2D eigenvalue weighted by Gasteiger charge is -2.11. The largest absolute Gasteiger partial charge is 0.488 e. The first-order valence-electron chi connectivity index (χ1n) is 10.6. The number of amides is 1. The van der Waals surface area contributed by atoms with E-state index >= 15 is 0 Å². The van der Waals surface area contributed by atoms with Crippen LogP contribution in [-0.4, -0.2) is 11.1 Å². The van der Waals surface area contributed by atoms with Crippen LogP contribution in [0.3, 0.4) is 0 Å². The first-order chi connectivity index (χ1) is 17.0. The Hall–Kier alpha value is -2.77. The molecule has 0 saturated carbocycles. The van der Waals surface area contributed by atoms with Gasteiger partial charge in [0.1, 0.15) is 12.4 Å². The number of carbonyl (C=O) groups is 1. The van der Waals surface area contributed by atoms with E-state index in [4.69, 9.17) is 27.9 Å². The van der Waals surface area contributed by atoms with E-state index in [0.29, 0.717) is 32.4 Å². The number of rotatable bonds is 5. The molecule has 1 aliphatic rings. The molecule has 174 valence electrons. The SMILES string of the molecule is O=C1NC(=Nc2cccc(Cl)c2Cl)S/C1=C\c1ccc(OCc2cccc3ccccc23)c(Br)c1. The average Bonchev–Trinajstić information content (AvgIpc) is 3.20. The number of hydrogen-bond acceptors (Lipinski definition) is 4. The van der Waals surface area contributed by atoms with Gasteiger partial charge in [-0.2, -0.15) is 0 Å². The van der Waals surface area contributed by atoms with Crippen molar-refractivity contribution in [3.8, 4) is 5.75 Å². The van der Waals surface area contributed by atoms with E-state index in [9.17, 15) is 4.79 Å². The highest BCUT2D eigenvalue weighted by Crippen LogP contribution is 2.35. The average molecular weight is 584 g/mol. The summed E-state index contributed by atoms with van der Waals surface area (Å²) in [6.45, 7) is 0.449. The molecule has 1 amide bonds. The maximum absolute atomic E-state index is 12.5. The third kappa shape index (κ3) is 5.41. The predicted molar refractivity (Wildman–Crippen MR) is 150 cm³/mol. The Balaban J connectivity index is 1.31. The van der Waals surface area contributed by atoms with Gasteiger partial charge in [0.15, 0.2) is 5.17 Å². The van der Waals surface area contributed by atoms with Gasteiger partial charge in [-0.1, -0.05) is 77.8 Å². The van der Waals surface area contributed by atoms with Gasteiger partial charge in [0.05, 0.1) is 25.1 Å². The van der Waals surface area contributed by atoms with Crippen LogP contribution in [0.5, 0.6) is 5.75 Å². The summed E-state index contributed by atoms with van der Waals surface area (Å²) >= 11 is 17.1. The molecule has 1 N–H and O–H groups in total. The van der Waals surface area contributed by atoms with Crippen LogP contribution >= 0.6 is 50.9 Å². The molecule has 0 aliphatic carbocycles. The summed E-state index contributed by atoms with van der Waals surface area (Å²) in [4.78, 5) is 17.4. The standard InChI is InChI=1S/C27H17BrCl2N2O2S/c28-20-13-16(11-12-23(20)34-15-18-7-3-6-17-5-1-2-8-19(17)18)14-24-26(33)32-27(35-24)31-22-10-4-9-21(29)25(22)30/h1-14H,15H2,(H,31,32,33)/b24-14-. The van der Waals surface area contributed by atoms with Crippen molar-refractivity contribution in [1.82, 2.24) is 5.32 Å². The van der Waals surface area contributed by atoms with E-state index in [1.807, 2.05) is 36.4 Å². The van der Waals surface area contributed by atoms with E-state index < -0.39 is 0 Å². The van der Waals surface area contributed by atoms with Gasteiger partial charge < -0.3 is 10.1 Å². The summed E-state index contributed by atoms with van der Waals surface area (Å²) in [5.74, 6) is 0.501. The van der Waals surface area contributed by atoms with Crippen molar-refractivity contribution in [3.63, 3.8) is 0 Å². The van der Waals surface area contributed by atoms with Gasteiger partial charge in [0.25, 0.3) is 5.91 Å². The smallest absolute Gasteiger partial charge is 0.264 e. The first-order valence-corrected chi connectivity index (χ1v) is 13.0. The third-order valence-electron chi connectivity index (χ3n) is 5.32. The minimum atomic E-state index is -0.223. The summed E-state index contributed by atoms with van der Waals surface area (Å²) < 4.78 is 6.89. The Morgan fingerprint density at radius 2 is 1.80 bits per heavy atom. The number of halogens is 3. The molecule has 0 spiro atoms. The molecular weight excluding hydrogens is 567 g/mol. The van der Waals surface area contributed by atoms with Crippen LogP contribution in [0, 0.1) is 0 Å². The van der Waals surface area contributed by atoms with E-state index in [0.717, 1.165) is 21.3 Å². The zero-order chi connectivity index (χ0) is 24.4. The van der Waals surface area contributed by atoms with Crippen LogP contribution < -0.4 is 10.1 Å². The Morgan fingerprint density at radius 1 is 1.00 bits per heavy atom. The van der Waals surface area contributed by atoms with Crippen LogP contribution in [0.15, 0.2) is 93.2 Å². The topological polar surface area (TPSA) is 50.7 Å². The highest BCUT2D eigenvalue weighted by molar-refractivity contribution is 9.10. The Labute approximate surface area is 225 Å². The lowest BCUT2D eigenvalue weighted by atomic mass is 10.1. The molecule has 0 radical (unpaired) electrons. The zero-order valence-corrected chi connectivity index (χ0v) is 22.0. The van der Waals surface area contributed by atoms with Crippen molar-refractivity contribution in [2.75, 3.05) is 0 Å². The fourth-order valence-corrected chi connectivity index (χ4v) is 5.30. The second kappa shape index (κ2) is 10.5. The molecule has 4 nitrogen and oxygen atoms in total. The van der Waals surface area contributed by atoms with Crippen molar-refractivity contribution in [2.24, 2.45) is 4.99 Å². The highest BCUT2D eigenvalue weighted by atomic mass is 79.9. The molecule has 1 fully saturated rings. The molecule has 0 unspecified atom stereocenters. The second-order valence-corrected chi connectivity index (χ2v) is 10.3. The molecule has 0 bridgehead atoms. The summed E-state index contributed by atoms with van der Waals surface area (Å²) in [5.41, 5.74) is 2.47. The van der Waals surface area contributed by atoms with Crippen LogP contribution in [0.25, 0.3) is 16.8 Å². The molecule has 1 aliphatic heterocycles. The van der Waals surface area contributed by atoms with Crippen LogP contribution in [0.1, 0.15) is 11.1 Å². The number of amidine groups is 1. The number of fused-ring (bicyclic) bond motifs is 1. The Kier molecular flexibility index (Phi) is 7.16. The van der Waals surface area contributed by atoms with Gasteiger partial charge >= 0.3 is 0 Å². The van der Waals surface area contributed by atoms with Gasteiger partial charge in [0, 0.05) is 0 Å². The summed E-state index contributed by atoms with van der Waals surface area (Å²) in [5, 5.41) is 6.32. The van der Waals surface area contributed by atoms with Gasteiger partial charge in [-0.15, -0.1) is 0 Å². The Bertz CT molecular complexity index is 1520. The second-order valence-electron chi connectivity index (χ2n) is 7.67. The minimum absolute atomic E-state index is 0.223. The normalized spacial score (nSPS) is 15.7. The fraction of sp³-hybridized carbons (Fsp3) is 0.0370.